The number of hydrogen-bond donors (Lipinski definition) is 1. The molecule has 0 spiro atoms. The Hall–Kier alpha value is -3.17. The van der Waals surface area contributed by atoms with E-state index in [1.165, 1.54) is 25.3 Å². The molecule has 2 aromatic heterocycles. The molecule has 10 heteroatoms. The topological polar surface area (TPSA) is 111 Å². The lowest BCUT2D eigenvalue weighted by Crippen LogP contribution is -2.38. The third-order valence-electron chi connectivity index (χ3n) is 3.53. The number of hydrogen-bond acceptors (Lipinski definition) is 7. The van der Waals surface area contributed by atoms with Crippen molar-refractivity contribution < 1.29 is 9.53 Å². The summed E-state index contributed by atoms with van der Waals surface area (Å²) in [6.45, 7) is 0. The molecule has 0 aliphatic carbocycles. The van der Waals surface area contributed by atoms with E-state index in [9.17, 15) is 14.4 Å². The maximum Gasteiger partial charge on any atom is 0.310 e. The van der Waals surface area contributed by atoms with Gasteiger partial charge in [0.2, 0.25) is 11.5 Å². The summed E-state index contributed by atoms with van der Waals surface area (Å²) in [7, 11) is 6.03. The minimum atomic E-state index is -0.521. The zero-order valence-corrected chi connectivity index (χ0v) is 12.9. The molecule has 1 aliphatic heterocycles. The predicted molar refractivity (Wildman–Crippen MR) is 80.3 cm³/mol. The molecular formula is C13H14N6O4. The van der Waals surface area contributed by atoms with Crippen LogP contribution in [0.15, 0.2) is 15.9 Å². The Bertz CT molecular complexity index is 943. The number of anilines is 2. The van der Waals surface area contributed by atoms with Gasteiger partial charge < -0.3 is 15.0 Å². The van der Waals surface area contributed by atoms with Crippen molar-refractivity contribution in [3.63, 3.8) is 0 Å². The van der Waals surface area contributed by atoms with Gasteiger partial charge in [0.15, 0.2) is 17.2 Å². The van der Waals surface area contributed by atoms with Crippen LogP contribution in [0.5, 0.6) is 11.5 Å². The highest BCUT2D eigenvalue weighted by Crippen LogP contribution is 2.38. The molecule has 0 aromatic carbocycles. The van der Waals surface area contributed by atoms with E-state index in [0.29, 0.717) is 0 Å². The molecular weight excluding hydrogens is 304 g/mol. The number of ether oxygens (including phenoxy) is 1. The Kier molecular flexibility index (Phi) is 3.17. The maximum absolute atomic E-state index is 12.3. The third kappa shape index (κ3) is 2.06. The van der Waals surface area contributed by atoms with E-state index in [0.717, 1.165) is 9.36 Å². The van der Waals surface area contributed by atoms with E-state index in [2.05, 4.69) is 15.3 Å². The van der Waals surface area contributed by atoms with E-state index in [-0.39, 0.29) is 28.7 Å². The molecule has 1 aliphatic rings. The highest BCUT2D eigenvalue weighted by Gasteiger charge is 2.30. The van der Waals surface area contributed by atoms with Crippen molar-refractivity contribution in [1.29, 1.82) is 0 Å². The second kappa shape index (κ2) is 4.93. The summed E-state index contributed by atoms with van der Waals surface area (Å²) in [5, 5.41) is 2.76. The van der Waals surface area contributed by atoms with Crippen LogP contribution >= 0.6 is 0 Å². The Balaban J connectivity index is 2.24. The summed E-state index contributed by atoms with van der Waals surface area (Å²) in [6.07, 6.45) is 1.18. The smallest absolute Gasteiger partial charge is 0.310 e. The van der Waals surface area contributed by atoms with Crippen molar-refractivity contribution in [2.24, 2.45) is 14.1 Å². The van der Waals surface area contributed by atoms with Gasteiger partial charge in [0, 0.05) is 28.2 Å². The molecule has 1 amide bonds. The fourth-order valence-electron chi connectivity index (χ4n) is 2.13. The van der Waals surface area contributed by atoms with Crippen LogP contribution in [0.2, 0.25) is 0 Å². The van der Waals surface area contributed by atoms with Gasteiger partial charge in [-0.1, -0.05) is 0 Å². The molecule has 3 heterocycles. The van der Waals surface area contributed by atoms with E-state index < -0.39 is 17.0 Å². The van der Waals surface area contributed by atoms with Gasteiger partial charge in [0.25, 0.3) is 11.5 Å². The summed E-state index contributed by atoms with van der Waals surface area (Å²) in [5.41, 5.74) is -0.995. The fraction of sp³-hybridized carbons (Fsp3) is 0.308. The summed E-state index contributed by atoms with van der Waals surface area (Å²) in [6, 6.07) is 0. The summed E-state index contributed by atoms with van der Waals surface area (Å²) < 4.78 is 7.81. The molecule has 0 fully saturated rings. The number of rotatable bonds is 1. The van der Waals surface area contributed by atoms with Crippen molar-refractivity contribution in [2.75, 3.05) is 19.4 Å². The molecule has 0 bridgehead atoms. The number of carbonyl (C=O) groups excluding carboxylic acids is 1. The Morgan fingerprint density at radius 3 is 2.43 bits per heavy atom. The lowest BCUT2D eigenvalue weighted by atomic mass is 10.2. The second-order valence-electron chi connectivity index (χ2n) is 5.19. The van der Waals surface area contributed by atoms with Gasteiger partial charge in [-0.05, 0) is 0 Å². The number of nitrogens with zero attached hydrogens (tertiary/aromatic N) is 5. The number of amides is 1. The zero-order chi connectivity index (χ0) is 16.9. The first-order chi connectivity index (χ1) is 10.8. The van der Waals surface area contributed by atoms with Crippen LogP contribution in [0.25, 0.3) is 0 Å². The van der Waals surface area contributed by atoms with Crippen molar-refractivity contribution >= 4 is 17.4 Å². The van der Waals surface area contributed by atoms with Gasteiger partial charge in [-0.15, -0.1) is 0 Å². The van der Waals surface area contributed by atoms with Crippen LogP contribution in [0.1, 0.15) is 10.5 Å². The van der Waals surface area contributed by atoms with E-state index in [1.807, 2.05) is 0 Å². The lowest BCUT2D eigenvalue weighted by Gasteiger charge is -2.23. The van der Waals surface area contributed by atoms with Gasteiger partial charge in [-0.25, -0.2) is 19.3 Å². The third-order valence-corrected chi connectivity index (χ3v) is 3.53. The number of fused-ring (bicyclic) bond motifs is 2. The fourth-order valence-corrected chi connectivity index (χ4v) is 2.13. The van der Waals surface area contributed by atoms with Crippen LogP contribution in [0.3, 0.4) is 0 Å². The van der Waals surface area contributed by atoms with Gasteiger partial charge in [0.1, 0.15) is 6.33 Å². The molecule has 0 unspecified atom stereocenters. The molecule has 1 N–H and O–H groups in total. The monoisotopic (exact) mass is 318 g/mol. The molecule has 23 heavy (non-hydrogen) atoms. The first-order valence-corrected chi connectivity index (χ1v) is 6.64. The largest absolute Gasteiger partial charge is 0.443 e. The molecule has 2 aromatic rings. The van der Waals surface area contributed by atoms with Gasteiger partial charge in [-0.2, -0.15) is 0 Å². The molecule has 0 radical (unpaired) electrons. The molecule has 3 rings (SSSR count). The van der Waals surface area contributed by atoms with E-state index in [4.69, 9.17) is 4.74 Å². The zero-order valence-electron chi connectivity index (χ0n) is 12.9. The molecule has 0 saturated carbocycles. The molecule has 0 atom stereocenters. The van der Waals surface area contributed by atoms with Crippen molar-refractivity contribution in [2.45, 2.75) is 0 Å². The second-order valence-corrected chi connectivity index (χ2v) is 5.19. The average Bonchev–Trinajstić information content (AvgIpc) is 2.55. The standard InChI is InChI=1S/C13H14N6O4/c1-17(2)11(20)6-8-10(15-5-14-6)16-7-9(23-8)13(22)19(4)18(3)12(7)21/h5H,1-4H3,(H,14,15,16). The minimum absolute atomic E-state index is 0.000815. The van der Waals surface area contributed by atoms with Crippen LogP contribution in [0, 0.1) is 0 Å². The Morgan fingerprint density at radius 2 is 1.78 bits per heavy atom. The maximum atomic E-state index is 12.3. The van der Waals surface area contributed by atoms with Gasteiger partial charge >= 0.3 is 5.56 Å². The Labute approximate surface area is 129 Å². The molecule has 10 nitrogen and oxygen atoms in total. The van der Waals surface area contributed by atoms with Crippen molar-refractivity contribution in [1.82, 2.24) is 24.2 Å². The quantitative estimate of drug-likeness (QED) is 0.639. The van der Waals surface area contributed by atoms with Crippen molar-refractivity contribution in [3.8, 4) is 11.5 Å². The Morgan fingerprint density at radius 1 is 1.13 bits per heavy atom. The lowest BCUT2D eigenvalue weighted by molar-refractivity contribution is 0.0819. The number of aromatic nitrogens is 4. The highest BCUT2D eigenvalue weighted by atomic mass is 16.5. The van der Waals surface area contributed by atoms with E-state index in [1.54, 1.807) is 14.1 Å². The summed E-state index contributed by atoms with van der Waals surface area (Å²) in [5.74, 6) is -0.424. The van der Waals surface area contributed by atoms with Crippen LogP contribution in [0.4, 0.5) is 11.5 Å². The van der Waals surface area contributed by atoms with Gasteiger partial charge in [0.05, 0.1) is 0 Å². The first-order valence-electron chi connectivity index (χ1n) is 6.64. The SMILES string of the molecule is CN(C)C(=O)c1ncnc2c1Oc1c(c(=O)n(C)n(C)c1=O)N2. The first kappa shape index (κ1) is 14.8. The van der Waals surface area contributed by atoms with Crippen molar-refractivity contribution in [3.05, 3.63) is 32.7 Å². The van der Waals surface area contributed by atoms with Crippen LogP contribution in [-0.4, -0.2) is 44.2 Å². The normalized spacial score (nSPS) is 11.8. The predicted octanol–water partition coefficient (Wildman–Crippen LogP) is -0.575. The average molecular weight is 318 g/mol. The summed E-state index contributed by atoms with van der Waals surface area (Å²) >= 11 is 0. The number of nitrogens with one attached hydrogen (secondary N) is 1. The number of carbonyl (C=O) groups is 1. The molecule has 0 saturated heterocycles. The van der Waals surface area contributed by atoms with Crippen LogP contribution in [-0.2, 0) is 14.1 Å². The summed E-state index contributed by atoms with van der Waals surface area (Å²) in [4.78, 5) is 46.0. The highest BCUT2D eigenvalue weighted by molar-refractivity contribution is 5.97. The van der Waals surface area contributed by atoms with Gasteiger partial charge in [-0.3, -0.25) is 14.4 Å². The molecule has 120 valence electrons. The minimum Gasteiger partial charge on any atom is -0.443 e. The van der Waals surface area contributed by atoms with Crippen LogP contribution < -0.4 is 21.2 Å². The van der Waals surface area contributed by atoms with E-state index >= 15 is 0 Å².